The highest BCUT2D eigenvalue weighted by Crippen LogP contribution is 2.30. The SMILES string of the molecule is CCc1ccc(C(Cc2ccc(C(F)(F)F)cc2)NN)s1. The molecule has 21 heavy (non-hydrogen) atoms. The Morgan fingerprint density at radius 1 is 1.14 bits per heavy atom. The first-order valence-corrected chi connectivity index (χ1v) is 7.46. The topological polar surface area (TPSA) is 38.0 Å². The number of hydrogen-bond acceptors (Lipinski definition) is 3. The van der Waals surface area contributed by atoms with E-state index in [1.54, 1.807) is 11.3 Å². The van der Waals surface area contributed by atoms with Crippen LogP contribution in [0.25, 0.3) is 0 Å². The summed E-state index contributed by atoms with van der Waals surface area (Å²) in [5, 5.41) is 0. The Hall–Kier alpha value is -1.37. The Kier molecular flexibility index (Phi) is 5.03. The van der Waals surface area contributed by atoms with E-state index in [-0.39, 0.29) is 6.04 Å². The van der Waals surface area contributed by atoms with Gasteiger partial charge in [-0.15, -0.1) is 11.3 Å². The van der Waals surface area contributed by atoms with Gasteiger partial charge in [-0.1, -0.05) is 19.1 Å². The van der Waals surface area contributed by atoms with Crippen LogP contribution in [0.2, 0.25) is 0 Å². The predicted molar refractivity (Wildman–Crippen MR) is 78.9 cm³/mol. The number of alkyl halides is 3. The maximum atomic E-state index is 12.5. The summed E-state index contributed by atoms with van der Waals surface area (Å²) in [4.78, 5) is 2.35. The zero-order chi connectivity index (χ0) is 15.5. The minimum absolute atomic E-state index is 0.0907. The van der Waals surface area contributed by atoms with Gasteiger partial charge in [0.1, 0.15) is 0 Å². The van der Waals surface area contributed by atoms with Gasteiger partial charge in [0.15, 0.2) is 0 Å². The maximum Gasteiger partial charge on any atom is 0.416 e. The van der Waals surface area contributed by atoms with Crippen LogP contribution in [0.5, 0.6) is 0 Å². The van der Waals surface area contributed by atoms with Gasteiger partial charge >= 0.3 is 6.18 Å². The lowest BCUT2D eigenvalue weighted by Crippen LogP contribution is -2.28. The minimum Gasteiger partial charge on any atom is -0.271 e. The Morgan fingerprint density at radius 3 is 2.29 bits per heavy atom. The molecule has 1 unspecified atom stereocenters. The second-order valence-corrected chi connectivity index (χ2v) is 5.98. The smallest absolute Gasteiger partial charge is 0.271 e. The zero-order valence-corrected chi connectivity index (χ0v) is 12.4. The summed E-state index contributed by atoms with van der Waals surface area (Å²) in [7, 11) is 0. The third-order valence-corrected chi connectivity index (χ3v) is 4.64. The first-order chi connectivity index (χ1) is 9.94. The molecule has 0 aliphatic heterocycles. The van der Waals surface area contributed by atoms with Crippen molar-refractivity contribution < 1.29 is 13.2 Å². The van der Waals surface area contributed by atoms with E-state index in [9.17, 15) is 13.2 Å². The number of benzene rings is 1. The molecule has 114 valence electrons. The van der Waals surface area contributed by atoms with E-state index in [1.165, 1.54) is 17.0 Å². The summed E-state index contributed by atoms with van der Waals surface area (Å²) in [5.74, 6) is 5.58. The Bertz CT molecular complexity index is 575. The van der Waals surface area contributed by atoms with Crippen molar-refractivity contribution in [2.75, 3.05) is 0 Å². The van der Waals surface area contributed by atoms with E-state index in [0.29, 0.717) is 6.42 Å². The molecule has 0 bridgehead atoms. The summed E-state index contributed by atoms with van der Waals surface area (Å²) in [5.41, 5.74) is 2.92. The molecule has 2 rings (SSSR count). The number of nitrogens with one attached hydrogen (secondary N) is 1. The van der Waals surface area contributed by atoms with E-state index >= 15 is 0 Å². The van der Waals surface area contributed by atoms with Crippen LogP contribution < -0.4 is 11.3 Å². The molecule has 2 nitrogen and oxygen atoms in total. The summed E-state index contributed by atoms with van der Waals surface area (Å²) in [6, 6.07) is 9.19. The largest absolute Gasteiger partial charge is 0.416 e. The standard InChI is InChI=1S/C15H17F3N2S/c1-2-12-7-8-14(21-12)13(20-19)9-10-3-5-11(6-4-10)15(16,17)18/h3-8,13,20H,2,9,19H2,1H3. The molecule has 0 aliphatic rings. The van der Waals surface area contributed by atoms with Crippen molar-refractivity contribution >= 4 is 11.3 Å². The average Bonchev–Trinajstić information content (AvgIpc) is 2.93. The Balaban J connectivity index is 2.11. The molecule has 0 saturated heterocycles. The van der Waals surface area contributed by atoms with Crippen molar-refractivity contribution in [1.82, 2.24) is 5.43 Å². The molecule has 1 aromatic heterocycles. The third kappa shape index (κ3) is 4.06. The Morgan fingerprint density at radius 2 is 1.81 bits per heavy atom. The van der Waals surface area contributed by atoms with Crippen molar-refractivity contribution in [2.24, 2.45) is 5.84 Å². The van der Waals surface area contributed by atoms with Crippen LogP contribution in [-0.4, -0.2) is 0 Å². The van der Waals surface area contributed by atoms with Gasteiger partial charge in [-0.25, -0.2) is 0 Å². The van der Waals surface area contributed by atoms with E-state index < -0.39 is 11.7 Å². The normalized spacial score (nSPS) is 13.4. The van der Waals surface area contributed by atoms with Crippen LogP contribution in [0.3, 0.4) is 0 Å². The molecule has 2 aromatic rings. The second-order valence-electron chi connectivity index (χ2n) is 4.78. The predicted octanol–water partition coefficient (Wildman–Crippen LogP) is 4.08. The number of rotatable bonds is 5. The summed E-state index contributed by atoms with van der Waals surface area (Å²) in [6.45, 7) is 2.08. The van der Waals surface area contributed by atoms with Crippen LogP contribution in [0.15, 0.2) is 36.4 Å². The fourth-order valence-corrected chi connectivity index (χ4v) is 3.09. The number of nitrogens with two attached hydrogens (primary N) is 1. The fourth-order valence-electron chi connectivity index (χ4n) is 2.08. The number of halogens is 3. The number of hydrazine groups is 1. The van der Waals surface area contributed by atoms with E-state index in [4.69, 9.17) is 5.84 Å². The van der Waals surface area contributed by atoms with Crippen LogP contribution in [0.1, 0.15) is 33.8 Å². The number of aryl methyl sites for hydroxylation is 1. The minimum atomic E-state index is -4.30. The summed E-state index contributed by atoms with van der Waals surface area (Å²) < 4.78 is 37.6. The molecule has 0 fully saturated rings. The molecular formula is C15H17F3N2S. The molecule has 6 heteroatoms. The second kappa shape index (κ2) is 6.60. The first-order valence-electron chi connectivity index (χ1n) is 6.65. The van der Waals surface area contributed by atoms with Crippen LogP contribution in [0, 0.1) is 0 Å². The molecular weight excluding hydrogens is 297 g/mol. The van der Waals surface area contributed by atoms with Gasteiger partial charge < -0.3 is 0 Å². The lowest BCUT2D eigenvalue weighted by atomic mass is 10.0. The van der Waals surface area contributed by atoms with Gasteiger partial charge in [0.05, 0.1) is 11.6 Å². The molecule has 1 aromatic carbocycles. The van der Waals surface area contributed by atoms with E-state index in [1.807, 2.05) is 6.07 Å². The Labute approximate surface area is 125 Å². The van der Waals surface area contributed by atoms with Crippen LogP contribution >= 0.6 is 11.3 Å². The molecule has 0 aliphatic carbocycles. The molecule has 0 spiro atoms. The summed E-state index contributed by atoms with van der Waals surface area (Å²) in [6.07, 6.45) is -2.78. The van der Waals surface area contributed by atoms with Crippen molar-refractivity contribution in [1.29, 1.82) is 0 Å². The van der Waals surface area contributed by atoms with Gasteiger partial charge in [-0.2, -0.15) is 13.2 Å². The van der Waals surface area contributed by atoms with Crippen molar-refractivity contribution in [3.63, 3.8) is 0 Å². The van der Waals surface area contributed by atoms with Gasteiger partial charge in [0, 0.05) is 9.75 Å². The molecule has 3 N–H and O–H groups in total. The highest BCUT2D eigenvalue weighted by Gasteiger charge is 2.30. The molecule has 0 amide bonds. The van der Waals surface area contributed by atoms with Gasteiger partial charge in [-0.05, 0) is 42.7 Å². The maximum absolute atomic E-state index is 12.5. The van der Waals surface area contributed by atoms with Crippen molar-refractivity contribution in [2.45, 2.75) is 32.0 Å². The molecule has 1 heterocycles. The number of thiophene rings is 1. The first kappa shape index (κ1) is 16.0. The van der Waals surface area contributed by atoms with Gasteiger partial charge in [0.2, 0.25) is 0 Å². The fraction of sp³-hybridized carbons (Fsp3) is 0.333. The lowest BCUT2D eigenvalue weighted by molar-refractivity contribution is -0.137. The molecule has 1 atom stereocenters. The molecule has 0 radical (unpaired) electrons. The van der Waals surface area contributed by atoms with Crippen molar-refractivity contribution in [3.05, 3.63) is 57.3 Å². The third-order valence-electron chi connectivity index (χ3n) is 3.30. The number of hydrogen-bond donors (Lipinski definition) is 2. The monoisotopic (exact) mass is 314 g/mol. The van der Waals surface area contributed by atoms with Gasteiger partial charge in [-0.3, -0.25) is 11.3 Å². The van der Waals surface area contributed by atoms with E-state index in [0.717, 1.165) is 29.0 Å². The summed E-state index contributed by atoms with van der Waals surface area (Å²) >= 11 is 1.67. The van der Waals surface area contributed by atoms with Crippen molar-refractivity contribution in [3.8, 4) is 0 Å². The highest BCUT2D eigenvalue weighted by molar-refractivity contribution is 7.12. The average molecular weight is 314 g/mol. The lowest BCUT2D eigenvalue weighted by Gasteiger charge is -2.15. The zero-order valence-electron chi connectivity index (χ0n) is 11.6. The quantitative estimate of drug-likeness (QED) is 0.645. The molecule has 0 saturated carbocycles. The highest BCUT2D eigenvalue weighted by atomic mass is 32.1. The van der Waals surface area contributed by atoms with E-state index in [2.05, 4.69) is 18.4 Å². The van der Waals surface area contributed by atoms with Crippen LogP contribution in [0.4, 0.5) is 13.2 Å². The van der Waals surface area contributed by atoms with Crippen LogP contribution in [-0.2, 0) is 19.0 Å². The van der Waals surface area contributed by atoms with Gasteiger partial charge in [0.25, 0.3) is 0 Å².